The first-order chi connectivity index (χ1) is 9.52. The number of hydrogen-bond donors (Lipinski definition) is 3. The lowest BCUT2D eigenvalue weighted by molar-refractivity contribution is -0.128. The Morgan fingerprint density at radius 2 is 1.95 bits per heavy atom. The number of carbonyl (C=O) groups is 1. The van der Waals surface area contributed by atoms with Crippen LogP contribution in [0.5, 0.6) is 11.5 Å². The Morgan fingerprint density at radius 3 is 2.55 bits per heavy atom. The van der Waals surface area contributed by atoms with Gasteiger partial charge in [-0.2, -0.15) is 0 Å². The summed E-state index contributed by atoms with van der Waals surface area (Å²) in [6.07, 6.45) is 2.95. The fourth-order valence-corrected chi connectivity index (χ4v) is 2.92. The maximum Gasteiger partial charge on any atom is 0.237 e. The third-order valence-electron chi connectivity index (χ3n) is 4.00. The highest BCUT2D eigenvalue weighted by Crippen LogP contribution is 2.32. The molecule has 2 rings (SSSR count). The topological polar surface area (TPSA) is 72.8 Å². The number of carbonyl (C=O) groups excluding carboxylic acids is 1. The summed E-state index contributed by atoms with van der Waals surface area (Å²) in [5.41, 5.74) is 0.818. The molecule has 5 nitrogen and oxygen atoms in total. The molecule has 0 aromatic heterocycles. The highest BCUT2D eigenvalue weighted by atomic mass is 16.3. The fourth-order valence-electron chi connectivity index (χ4n) is 2.92. The zero-order valence-electron chi connectivity index (χ0n) is 12.0. The maximum atomic E-state index is 12.0. The lowest BCUT2D eigenvalue weighted by Gasteiger charge is -2.39. The number of likely N-dealkylation sites (tertiary alicyclic amines) is 1. The Hall–Kier alpha value is -1.75. The number of piperidine rings is 1. The Kier molecular flexibility index (Phi) is 4.49. The van der Waals surface area contributed by atoms with E-state index in [1.165, 1.54) is 6.07 Å². The van der Waals surface area contributed by atoms with E-state index in [4.69, 9.17) is 0 Å². The highest BCUT2D eigenvalue weighted by molar-refractivity contribution is 5.81. The van der Waals surface area contributed by atoms with Crippen molar-refractivity contribution in [1.82, 2.24) is 10.2 Å². The molecule has 0 aliphatic carbocycles. The quantitative estimate of drug-likeness (QED) is 0.787. The van der Waals surface area contributed by atoms with Crippen molar-refractivity contribution in [2.45, 2.75) is 38.3 Å². The number of amides is 1. The number of likely N-dealkylation sites (N-methyl/N-ethyl adjacent to an activating group) is 1. The minimum absolute atomic E-state index is 0.0286. The molecule has 1 aliphatic heterocycles. The van der Waals surface area contributed by atoms with Crippen molar-refractivity contribution in [3.63, 3.8) is 0 Å². The summed E-state index contributed by atoms with van der Waals surface area (Å²) < 4.78 is 0. The molecule has 1 amide bonds. The number of phenolic OH excluding ortho intramolecular Hbond substituents is 2. The van der Waals surface area contributed by atoms with Gasteiger partial charge in [0.05, 0.1) is 6.04 Å². The second kappa shape index (κ2) is 6.13. The Morgan fingerprint density at radius 1 is 1.30 bits per heavy atom. The van der Waals surface area contributed by atoms with Gasteiger partial charge in [-0.25, -0.2) is 0 Å². The van der Waals surface area contributed by atoms with Crippen molar-refractivity contribution >= 4 is 5.91 Å². The summed E-state index contributed by atoms with van der Waals surface area (Å²) in [6.45, 7) is 2.84. The van der Waals surface area contributed by atoms with E-state index >= 15 is 0 Å². The first-order valence-corrected chi connectivity index (χ1v) is 7.03. The molecule has 1 aromatic rings. The van der Waals surface area contributed by atoms with Gasteiger partial charge >= 0.3 is 0 Å². The first kappa shape index (κ1) is 14.7. The number of nitrogens with zero attached hydrogens (tertiary/aromatic N) is 1. The fraction of sp³-hybridized carbons (Fsp3) is 0.533. The number of phenols is 2. The van der Waals surface area contributed by atoms with Crippen molar-refractivity contribution in [2.75, 3.05) is 13.6 Å². The Bertz CT molecular complexity index is 470. The molecule has 1 aliphatic rings. The zero-order valence-corrected chi connectivity index (χ0v) is 12.0. The van der Waals surface area contributed by atoms with Gasteiger partial charge < -0.3 is 15.5 Å². The van der Waals surface area contributed by atoms with Crippen LogP contribution in [0.15, 0.2) is 18.2 Å². The smallest absolute Gasteiger partial charge is 0.237 e. The van der Waals surface area contributed by atoms with Gasteiger partial charge in [-0.3, -0.25) is 9.69 Å². The molecule has 0 spiro atoms. The predicted molar refractivity (Wildman–Crippen MR) is 76.6 cm³/mol. The standard InChI is InChI=1S/C15H22N2O3/c1-10(11-7-12(18)9-13(19)8-11)17-6-4-3-5-14(17)15(20)16-2/h7-10,14,18-19H,3-6H2,1-2H3,(H,16,20). The average molecular weight is 278 g/mol. The highest BCUT2D eigenvalue weighted by Gasteiger charge is 2.31. The summed E-state index contributed by atoms with van der Waals surface area (Å²) in [5, 5.41) is 21.9. The van der Waals surface area contributed by atoms with E-state index < -0.39 is 0 Å². The van der Waals surface area contributed by atoms with E-state index in [9.17, 15) is 15.0 Å². The molecular weight excluding hydrogens is 256 g/mol. The molecule has 1 aromatic carbocycles. The van der Waals surface area contributed by atoms with E-state index in [1.54, 1.807) is 19.2 Å². The van der Waals surface area contributed by atoms with Crippen molar-refractivity contribution in [3.8, 4) is 11.5 Å². The SMILES string of the molecule is CNC(=O)C1CCCCN1C(C)c1cc(O)cc(O)c1. The second-order valence-corrected chi connectivity index (χ2v) is 5.32. The van der Waals surface area contributed by atoms with Crippen LogP contribution in [0.4, 0.5) is 0 Å². The molecule has 1 saturated heterocycles. The van der Waals surface area contributed by atoms with Crippen LogP contribution in [0.25, 0.3) is 0 Å². The van der Waals surface area contributed by atoms with Gasteiger partial charge in [-0.1, -0.05) is 6.42 Å². The van der Waals surface area contributed by atoms with Crippen LogP contribution < -0.4 is 5.32 Å². The lowest BCUT2D eigenvalue weighted by atomic mass is 9.96. The molecule has 0 saturated carbocycles. The first-order valence-electron chi connectivity index (χ1n) is 7.03. The molecule has 3 N–H and O–H groups in total. The third-order valence-corrected chi connectivity index (χ3v) is 4.00. The third kappa shape index (κ3) is 3.04. The molecule has 2 unspecified atom stereocenters. The van der Waals surface area contributed by atoms with Crippen LogP contribution in [-0.2, 0) is 4.79 Å². The normalized spacial score (nSPS) is 21.4. The van der Waals surface area contributed by atoms with Gasteiger partial charge in [-0.05, 0) is 44.0 Å². The van der Waals surface area contributed by atoms with Crippen LogP contribution in [0.2, 0.25) is 0 Å². The van der Waals surface area contributed by atoms with Crippen LogP contribution in [-0.4, -0.2) is 40.7 Å². The average Bonchev–Trinajstić information content (AvgIpc) is 2.44. The van der Waals surface area contributed by atoms with Crippen molar-refractivity contribution in [1.29, 1.82) is 0 Å². The van der Waals surface area contributed by atoms with Gasteiger partial charge in [0.1, 0.15) is 11.5 Å². The van der Waals surface area contributed by atoms with Crippen molar-refractivity contribution in [2.24, 2.45) is 0 Å². The molecule has 2 atom stereocenters. The lowest BCUT2D eigenvalue weighted by Crippen LogP contribution is -2.49. The minimum atomic E-state index is -0.145. The number of nitrogens with one attached hydrogen (secondary N) is 1. The monoisotopic (exact) mass is 278 g/mol. The minimum Gasteiger partial charge on any atom is -0.508 e. The van der Waals surface area contributed by atoms with Gasteiger partial charge in [0, 0.05) is 19.2 Å². The molecule has 110 valence electrons. The number of benzene rings is 1. The Balaban J connectivity index is 2.24. The zero-order chi connectivity index (χ0) is 14.7. The number of hydrogen-bond acceptors (Lipinski definition) is 4. The van der Waals surface area contributed by atoms with E-state index in [0.717, 1.165) is 31.4 Å². The van der Waals surface area contributed by atoms with Gasteiger partial charge in [0.25, 0.3) is 0 Å². The van der Waals surface area contributed by atoms with Gasteiger partial charge in [0.2, 0.25) is 5.91 Å². The largest absolute Gasteiger partial charge is 0.508 e. The van der Waals surface area contributed by atoms with Crippen molar-refractivity contribution in [3.05, 3.63) is 23.8 Å². The Labute approximate surface area is 119 Å². The maximum absolute atomic E-state index is 12.0. The van der Waals surface area contributed by atoms with Crippen LogP contribution >= 0.6 is 0 Å². The van der Waals surface area contributed by atoms with E-state index in [-0.39, 0.29) is 29.5 Å². The van der Waals surface area contributed by atoms with Crippen LogP contribution in [0.1, 0.15) is 37.8 Å². The van der Waals surface area contributed by atoms with Gasteiger partial charge in [-0.15, -0.1) is 0 Å². The van der Waals surface area contributed by atoms with E-state index in [1.807, 2.05) is 6.92 Å². The summed E-state index contributed by atoms with van der Waals surface area (Å²) in [6, 6.07) is 4.41. The molecular formula is C15H22N2O3. The van der Waals surface area contributed by atoms with E-state index in [0.29, 0.717) is 0 Å². The summed E-state index contributed by atoms with van der Waals surface area (Å²) in [7, 11) is 1.65. The summed E-state index contributed by atoms with van der Waals surface area (Å²) in [4.78, 5) is 14.1. The summed E-state index contributed by atoms with van der Waals surface area (Å²) >= 11 is 0. The molecule has 1 heterocycles. The summed E-state index contributed by atoms with van der Waals surface area (Å²) in [5.74, 6) is 0.113. The molecule has 0 radical (unpaired) electrons. The second-order valence-electron chi connectivity index (χ2n) is 5.32. The van der Waals surface area contributed by atoms with E-state index in [2.05, 4.69) is 10.2 Å². The number of rotatable bonds is 3. The van der Waals surface area contributed by atoms with Crippen LogP contribution in [0.3, 0.4) is 0 Å². The molecule has 20 heavy (non-hydrogen) atoms. The predicted octanol–water partition coefficient (Wildman–Crippen LogP) is 1.76. The van der Waals surface area contributed by atoms with Gasteiger partial charge in [0.15, 0.2) is 0 Å². The van der Waals surface area contributed by atoms with Crippen molar-refractivity contribution < 1.29 is 15.0 Å². The van der Waals surface area contributed by atoms with Crippen LogP contribution in [0, 0.1) is 0 Å². The molecule has 1 fully saturated rings. The molecule has 5 heteroatoms. The molecule has 0 bridgehead atoms. The number of aromatic hydroxyl groups is 2.